The molecular weight excluding hydrogens is 1040 g/mol. The van der Waals surface area contributed by atoms with Crippen molar-refractivity contribution in [3.8, 4) is 0 Å². The molecule has 0 radical (unpaired) electrons. The van der Waals surface area contributed by atoms with Gasteiger partial charge < -0.3 is 47.9 Å². The molecule has 0 aromatic rings. The van der Waals surface area contributed by atoms with Gasteiger partial charge in [-0.2, -0.15) is 25.3 Å². The highest BCUT2D eigenvalue weighted by Gasteiger charge is 2.60. The molecule has 81 heavy (non-hydrogen) atoms. The Balaban J connectivity index is 1.54. The summed E-state index contributed by atoms with van der Waals surface area (Å²) in [5, 5.41) is 9.48. The Labute approximate surface area is 485 Å². The molecule has 6 aliphatic rings. The standard InChI is InChI=1S/C61H107N5O15/c1-52(2)27-37(28-53(3,4)62(52)72-21)47(67)77-42-26-43(78-48(68)38-29-54(5,6)63(73-22)55(7,8)30-38)45(80-50(70)40-33-58(13,14)65(75-24)59(15,16)34-40)46(81-51(71)41-35-60(17,18)66(76-25)61(19,20)36-41)44(42)79-49(69)39-31-56(9,10)64(74-23)57(11,12)32-39/h37-46H,26-36H2,1-25H3. The first-order valence-corrected chi connectivity index (χ1v) is 29.6. The Kier molecular flexibility index (Phi) is 19.3. The monoisotopic (exact) mass is 1150 g/mol. The van der Waals surface area contributed by atoms with E-state index in [0.717, 1.165) is 0 Å². The molecule has 6 rings (SSSR count). The van der Waals surface area contributed by atoms with Gasteiger partial charge in [0.15, 0.2) is 18.3 Å². The van der Waals surface area contributed by atoms with Gasteiger partial charge in [-0.3, -0.25) is 24.0 Å². The van der Waals surface area contributed by atoms with E-state index in [1.807, 2.05) is 164 Å². The van der Waals surface area contributed by atoms with Crippen molar-refractivity contribution in [1.82, 2.24) is 25.3 Å². The average molecular weight is 1150 g/mol. The molecular formula is C61H107N5O15. The number of hydroxylamine groups is 10. The van der Waals surface area contributed by atoms with E-state index in [2.05, 4.69) is 0 Å². The topological polar surface area (TPSA) is 194 Å². The van der Waals surface area contributed by atoms with Crippen molar-refractivity contribution in [2.45, 2.75) is 295 Å². The molecule has 1 saturated carbocycles. The van der Waals surface area contributed by atoms with Crippen molar-refractivity contribution in [3.63, 3.8) is 0 Å². The van der Waals surface area contributed by atoms with Gasteiger partial charge in [0.1, 0.15) is 12.2 Å². The van der Waals surface area contributed by atoms with E-state index >= 15 is 24.0 Å². The summed E-state index contributed by atoms with van der Waals surface area (Å²) < 4.78 is 34.1. The lowest BCUT2D eigenvalue weighted by Crippen LogP contribution is -2.65. The fourth-order valence-electron chi connectivity index (χ4n) is 17.6. The minimum Gasteiger partial charge on any atom is -0.458 e. The van der Waals surface area contributed by atoms with E-state index in [0.29, 0.717) is 64.2 Å². The molecule has 6 fully saturated rings. The Hall–Kier alpha value is -3.05. The van der Waals surface area contributed by atoms with Crippen LogP contribution in [0, 0.1) is 29.6 Å². The maximum absolute atomic E-state index is 15.5. The molecule has 0 N–H and O–H groups in total. The summed E-state index contributed by atoms with van der Waals surface area (Å²) in [4.78, 5) is 106. The van der Waals surface area contributed by atoms with Crippen LogP contribution in [0.2, 0.25) is 0 Å². The number of carbonyl (C=O) groups is 5. The molecule has 466 valence electrons. The van der Waals surface area contributed by atoms with Gasteiger partial charge in [-0.05, 0) is 203 Å². The third-order valence-corrected chi connectivity index (χ3v) is 18.7. The van der Waals surface area contributed by atoms with Gasteiger partial charge in [0.2, 0.25) is 0 Å². The van der Waals surface area contributed by atoms with E-state index in [9.17, 15) is 0 Å². The maximum atomic E-state index is 15.5. The molecule has 5 aliphatic heterocycles. The van der Waals surface area contributed by atoms with E-state index in [1.54, 1.807) is 35.5 Å². The molecule has 20 heteroatoms. The Bertz CT molecular complexity index is 2080. The van der Waals surface area contributed by atoms with Crippen molar-refractivity contribution in [2.75, 3.05) is 35.5 Å². The number of ether oxygens (including phenoxy) is 5. The molecule has 4 unspecified atom stereocenters. The molecule has 5 heterocycles. The summed E-state index contributed by atoms with van der Waals surface area (Å²) in [6, 6.07) is 0. The predicted octanol–water partition coefficient (Wildman–Crippen LogP) is 9.10. The predicted molar refractivity (Wildman–Crippen MR) is 303 cm³/mol. The first-order valence-electron chi connectivity index (χ1n) is 29.6. The Morgan fingerprint density at radius 2 is 0.407 bits per heavy atom. The third kappa shape index (κ3) is 13.8. The molecule has 4 atom stereocenters. The van der Waals surface area contributed by atoms with Crippen LogP contribution >= 0.6 is 0 Å². The van der Waals surface area contributed by atoms with Crippen LogP contribution in [0.3, 0.4) is 0 Å². The molecule has 20 nitrogen and oxygen atoms in total. The highest BCUT2D eigenvalue weighted by molar-refractivity contribution is 5.77. The van der Waals surface area contributed by atoms with Crippen molar-refractivity contribution in [3.05, 3.63) is 0 Å². The van der Waals surface area contributed by atoms with Crippen molar-refractivity contribution >= 4 is 29.8 Å². The maximum Gasteiger partial charge on any atom is 0.309 e. The Morgan fingerprint density at radius 3 is 0.568 bits per heavy atom. The van der Waals surface area contributed by atoms with Crippen molar-refractivity contribution in [2.24, 2.45) is 29.6 Å². The van der Waals surface area contributed by atoms with Crippen LogP contribution in [0.4, 0.5) is 0 Å². The van der Waals surface area contributed by atoms with Gasteiger partial charge in [0.05, 0.1) is 65.1 Å². The molecule has 0 spiro atoms. The first kappa shape index (κ1) is 67.1. The molecule has 0 aromatic carbocycles. The van der Waals surface area contributed by atoms with E-state index in [4.69, 9.17) is 47.9 Å². The second kappa shape index (κ2) is 23.3. The lowest BCUT2D eigenvalue weighted by Gasteiger charge is -2.54. The second-order valence-corrected chi connectivity index (χ2v) is 30.9. The van der Waals surface area contributed by atoms with E-state index in [1.165, 1.54) is 0 Å². The lowest BCUT2D eigenvalue weighted by molar-refractivity contribution is -0.280. The number of hydrogen-bond acceptors (Lipinski definition) is 20. The largest absolute Gasteiger partial charge is 0.458 e. The first-order chi connectivity index (χ1) is 36.9. The van der Waals surface area contributed by atoms with Crippen molar-refractivity contribution < 1.29 is 71.8 Å². The van der Waals surface area contributed by atoms with Crippen molar-refractivity contribution in [1.29, 1.82) is 0 Å². The number of piperidine rings is 5. The summed E-state index contributed by atoms with van der Waals surface area (Å²) in [6.45, 7) is 40.0. The summed E-state index contributed by atoms with van der Waals surface area (Å²) in [7, 11) is 8.07. The summed E-state index contributed by atoms with van der Waals surface area (Å²) in [6.07, 6.45) is -4.40. The number of esters is 5. The Morgan fingerprint density at radius 1 is 0.259 bits per heavy atom. The zero-order valence-electron chi connectivity index (χ0n) is 54.4. The van der Waals surface area contributed by atoms with Crippen LogP contribution < -0.4 is 0 Å². The van der Waals surface area contributed by atoms with Gasteiger partial charge in [-0.25, -0.2) is 0 Å². The van der Waals surface area contributed by atoms with Crippen LogP contribution in [-0.4, -0.2) is 177 Å². The number of carbonyl (C=O) groups excluding carboxylic acids is 5. The van der Waals surface area contributed by atoms with Crippen LogP contribution in [-0.2, 0) is 71.8 Å². The number of hydrogen-bond donors (Lipinski definition) is 0. The molecule has 1 aliphatic carbocycles. The fourth-order valence-corrected chi connectivity index (χ4v) is 17.6. The second-order valence-electron chi connectivity index (χ2n) is 30.9. The van der Waals surface area contributed by atoms with Gasteiger partial charge in [0, 0.05) is 61.8 Å². The van der Waals surface area contributed by atoms with E-state index < -0.39 is 145 Å². The van der Waals surface area contributed by atoms with Gasteiger partial charge >= 0.3 is 29.8 Å². The zero-order chi connectivity index (χ0) is 61.4. The fraction of sp³-hybridized carbons (Fsp3) is 0.918. The summed E-state index contributed by atoms with van der Waals surface area (Å²) in [5.41, 5.74) is -6.35. The molecule has 0 aromatic heterocycles. The lowest BCUT2D eigenvalue weighted by atomic mass is 9.74. The third-order valence-electron chi connectivity index (χ3n) is 18.7. The van der Waals surface area contributed by atoms with Gasteiger partial charge in [-0.15, -0.1) is 0 Å². The molecule has 0 bridgehead atoms. The SMILES string of the molecule is CON1C(C)(C)CC(C(=O)OC2CC(OC(=O)C3CC(C)(C)N(OC)C(C)(C)C3)C(OC(=O)C3CC(C)(C)N(OC)C(C)(C)C3)C(OC(=O)C3CC(C)(C)N(OC)C(C)(C)C3)C2OC(=O)C2CC(C)(C)N(OC)C(C)(C)C2)CC1(C)C. The van der Waals surface area contributed by atoms with Crippen LogP contribution in [0.5, 0.6) is 0 Å². The highest BCUT2D eigenvalue weighted by atomic mass is 16.7. The van der Waals surface area contributed by atoms with Gasteiger partial charge in [0.25, 0.3) is 0 Å². The van der Waals surface area contributed by atoms with Crippen LogP contribution in [0.15, 0.2) is 0 Å². The number of rotatable bonds is 15. The normalized spacial score (nSPS) is 31.8. The average Bonchev–Trinajstić information content (AvgIpc) is 3.40. The quantitative estimate of drug-likeness (QED) is 0.111. The minimum atomic E-state index is -1.65. The highest BCUT2D eigenvalue weighted by Crippen LogP contribution is 2.49. The van der Waals surface area contributed by atoms with Crippen LogP contribution in [0.1, 0.15) is 209 Å². The summed E-state index contributed by atoms with van der Waals surface area (Å²) in [5.74, 6) is -6.48. The smallest absolute Gasteiger partial charge is 0.309 e. The molecule has 5 saturated heterocycles. The number of nitrogens with zero attached hydrogens (tertiary/aromatic N) is 5. The molecule has 0 amide bonds. The zero-order valence-corrected chi connectivity index (χ0v) is 54.4. The minimum absolute atomic E-state index is 0.265. The van der Waals surface area contributed by atoms with Crippen LogP contribution in [0.25, 0.3) is 0 Å². The summed E-state index contributed by atoms with van der Waals surface area (Å²) >= 11 is 0. The van der Waals surface area contributed by atoms with Gasteiger partial charge in [-0.1, -0.05) is 0 Å². The van der Waals surface area contributed by atoms with E-state index in [-0.39, 0.29) is 6.42 Å².